The van der Waals surface area contributed by atoms with Crippen molar-refractivity contribution in [1.29, 1.82) is 0 Å². The highest BCUT2D eigenvalue weighted by Crippen LogP contribution is 2.26. The third-order valence-electron chi connectivity index (χ3n) is 3.86. The zero-order valence-corrected chi connectivity index (χ0v) is 16.7. The topological polar surface area (TPSA) is 57.0 Å². The minimum absolute atomic E-state index is 0.117. The third kappa shape index (κ3) is 4.41. The fourth-order valence-corrected chi connectivity index (χ4v) is 4.31. The van der Waals surface area contributed by atoms with Crippen LogP contribution in [0.15, 0.2) is 41.6 Å². The molecule has 0 atom stereocenters. The van der Waals surface area contributed by atoms with E-state index in [2.05, 4.69) is 29.3 Å². The Labute approximate surface area is 161 Å². The van der Waals surface area contributed by atoms with Gasteiger partial charge >= 0.3 is 0 Å². The maximum atomic E-state index is 12.4. The molecule has 3 rings (SSSR count). The van der Waals surface area contributed by atoms with Crippen molar-refractivity contribution in [3.8, 4) is 11.4 Å². The number of rotatable bonds is 8. The number of ether oxygens (including phenoxy) is 1. The Morgan fingerprint density at radius 3 is 2.77 bits per heavy atom. The molecule has 5 nitrogen and oxygen atoms in total. The molecule has 0 saturated heterocycles. The highest BCUT2D eigenvalue weighted by atomic mass is 32.2. The van der Waals surface area contributed by atoms with Gasteiger partial charge in [-0.3, -0.25) is 9.36 Å². The van der Waals surface area contributed by atoms with E-state index in [9.17, 15) is 4.79 Å². The minimum atomic E-state index is 0.117. The number of aromatic nitrogens is 3. The Morgan fingerprint density at radius 1 is 1.23 bits per heavy atom. The summed E-state index contributed by atoms with van der Waals surface area (Å²) < 4.78 is 7.26. The van der Waals surface area contributed by atoms with E-state index in [1.54, 1.807) is 7.11 Å². The standard InChI is InChI=1S/C19H21N3O2S2/c1-13-5-4-6-15(11-13)18-20-21-19(22(18)9-10-24-3)25-12-16(23)17-8-7-14(2)26-17/h4-8,11H,9-10,12H2,1-3H3. The van der Waals surface area contributed by atoms with E-state index in [0.717, 1.165) is 26.3 Å². The molecule has 0 aliphatic carbocycles. The molecule has 0 aliphatic heterocycles. The van der Waals surface area contributed by atoms with Gasteiger partial charge in [0.15, 0.2) is 16.8 Å². The first-order valence-electron chi connectivity index (χ1n) is 8.30. The predicted octanol–water partition coefficient (Wildman–Crippen LogP) is 4.24. The van der Waals surface area contributed by atoms with Crippen molar-refractivity contribution in [3.05, 3.63) is 51.7 Å². The SMILES string of the molecule is COCCn1c(SCC(=O)c2ccc(C)s2)nnc1-c1cccc(C)c1. The fourth-order valence-electron chi connectivity index (χ4n) is 2.56. The van der Waals surface area contributed by atoms with Crippen LogP contribution in [0.4, 0.5) is 0 Å². The predicted molar refractivity (Wildman–Crippen MR) is 106 cm³/mol. The summed E-state index contributed by atoms with van der Waals surface area (Å²) in [5.74, 6) is 1.26. The van der Waals surface area contributed by atoms with Gasteiger partial charge in [0.25, 0.3) is 0 Å². The van der Waals surface area contributed by atoms with Crippen molar-refractivity contribution in [2.45, 2.75) is 25.5 Å². The molecule has 3 aromatic rings. The van der Waals surface area contributed by atoms with Gasteiger partial charge in [-0.25, -0.2) is 0 Å². The molecule has 2 heterocycles. The van der Waals surface area contributed by atoms with Crippen LogP contribution >= 0.6 is 23.1 Å². The second-order valence-corrected chi connectivity index (χ2v) is 8.17. The Kier molecular flexibility index (Phi) is 6.24. The molecular formula is C19H21N3O2S2. The summed E-state index contributed by atoms with van der Waals surface area (Å²) in [6.07, 6.45) is 0. The molecular weight excluding hydrogens is 366 g/mol. The van der Waals surface area contributed by atoms with Crippen molar-refractivity contribution in [3.63, 3.8) is 0 Å². The van der Waals surface area contributed by atoms with E-state index in [-0.39, 0.29) is 5.78 Å². The quantitative estimate of drug-likeness (QED) is 0.427. The number of methoxy groups -OCH3 is 1. The van der Waals surface area contributed by atoms with Crippen molar-refractivity contribution in [2.75, 3.05) is 19.5 Å². The summed E-state index contributed by atoms with van der Waals surface area (Å²) in [6.45, 7) is 5.25. The van der Waals surface area contributed by atoms with Gasteiger partial charge < -0.3 is 4.74 Å². The largest absolute Gasteiger partial charge is 0.383 e. The first kappa shape index (κ1) is 18.8. The number of thiophene rings is 1. The molecule has 0 amide bonds. The highest BCUT2D eigenvalue weighted by molar-refractivity contribution is 7.99. The van der Waals surface area contributed by atoms with Gasteiger partial charge in [0.1, 0.15) is 0 Å². The molecule has 0 saturated carbocycles. The number of aryl methyl sites for hydroxylation is 2. The lowest BCUT2D eigenvalue weighted by molar-refractivity contribution is 0.102. The normalized spacial score (nSPS) is 11.0. The van der Waals surface area contributed by atoms with Crippen LogP contribution in [0.25, 0.3) is 11.4 Å². The summed E-state index contributed by atoms with van der Waals surface area (Å²) in [6, 6.07) is 12.0. The Hall–Kier alpha value is -1.96. The van der Waals surface area contributed by atoms with E-state index in [1.807, 2.05) is 35.8 Å². The Bertz CT molecular complexity index is 902. The average molecular weight is 388 g/mol. The van der Waals surface area contributed by atoms with Gasteiger partial charge in [-0.05, 0) is 32.0 Å². The van der Waals surface area contributed by atoms with E-state index >= 15 is 0 Å². The lowest BCUT2D eigenvalue weighted by Crippen LogP contribution is -2.09. The smallest absolute Gasteiger partial charge is 0.192 e. The molecule has 136 valence electrons. The summed E-state index contributed by atoms with van der Waals surface area (Å²) in [4.78, 5) is 14.3. The van der Waals surface area contributed by atoms with Crippen molar-refractivity contribution >= 4 is 28.9 Å². The van der Waals surface area contributed by atoms with E-state index in [0.29, 0.717) is 18.9 Å². The van der Waals surface area contributed by atoms with E-state index in [4.69, 9.17) is 4.74 Å². The van der Waals surface area contributed by atoms with Gasteiger partial charge in [0.2, 0.25) is 0 Å². The van der Waals surface area contributed by atoms with Crippen LogP contribution in [0.5, 0.6) is 0 Å². The maximum absolute atomic E-state index is 12.4. The molecule has 0 aliphatic rings. The minimum Gasteiger partial charge on any atom is -0.383 e. The van der Waals surface area contributed by atoms with Crippen LogP contribution in [0.1, 0.15) is 20.1 Å². The number of Topliss-reactive ketones (excluding diaryl/α,β-unsaturated/α-hetero) is 1. The molecule has 0 N–H and O–H groups in total. The number of benzene rings is 1. The highest BCUT2D eigenvalue weighted by Gasteiger charge is 2.17. The van der Waals surface area contributed by atoms with Crippen molar-refractivity contribution < 1.29 is 9.53 Å². The molecule has 2 aromatic heterocycles. The molecule has 7 heteroatoms. The zero-order chi connectivity index (χ0) is 18.5. The number of hydrogen-bond acceptors (Lipinski definition) is 6. The van der Waals surface area contributed by atoms with Gasteiger partial charge in [0, 0.05) is 17.6 Å². The van der Waals surface area contributed by atoms with Crippen LogP contribution in [0.3, 0.4) is 0 Å². The van der Waals surface area contributed by atoms with Crippen LogP contribution in [-0.2, 0) is 11.3 Å². The first-order valence-corrected chi connectivity index (χ1v) is 10.1. The number of ketones is 1. The summed E-state index contributed by atoms with van der Waals surface area (Å²) in [5, 5.41) is 9.42. The number of carbonyl (C=O) groups is 1. The Morgan fingerprint density at radius 2 is 2.08 bits per heavy atom. The van der Waals surface area contributed by atoms with Gasteiger partial charge in [-0.15, -0.1) is 21.5 Å². The number of thioether (sulfide) groups is 1. The molecule has 0 bridgehead atoms. The molecule has 1 aromatic carbocycles. The van der Waals surface area contributed by atoms with Gasteiger partial charge in [-0.2, -0.15) is 0 Å². The molecule has 26 heavy (non-hydrogen) atoms. The maximum Gasteiger partial charge on any atom is 0.192 e. The zero-order valence-electron chi connectivity index (χ0n) is 15.1. The summed E-state index contributed by atoms with van der Waals surface area (Å²) in [5.41, 5.74) is 2.18. The molecule has 0 radical (unpaired) electrons. The van der Waals surface area contributed by atoms with Crippen molar-refractivity contribution in [1.82, 2.24) is 14.8 Å². The summed E-state index contributed by atoms with van der Waals surface area (Å²) in [7, 11) is 1.67. The van der Waals surface area contributed by atoms with Crippen LogP contribution in [0, 0.1) is 13.8 Å². The number of nitrogens with zero attached hydrogens (tertiary/aromatic N) is 3. The third-order valence-corrected chi connectivity index (χ3v) is 5.87. The van der Waals surface area contributed by atoms with Crippen LogP contribution in [-0.4, -0.2) is 40.0 Å². The lowest BCUT2D eigenvalue weighted by atomic mass is 10.1. The average Bonchev–Trinajstić information content (AvgIpc) is 3.24. The van der Waals surface area contributed by atoms with E-state index < -0.39 is 0 Å². The summed E-state index contributed by atoms with van der Waals surface area (Å²) >= 11 is 2.95. The van der Waals surface area contributed by atoms with Gasteiger partial charge in [-0.1, -0.05) is 35.5 Å². The van der Waals surface area contributed by atoms with Crippen LogP contribution < -0.4 is 0 Å². The lowest BCUT2D eigenvalue weighted by Gasteiger charge is -2.09. The molecule has 0 unspecified atom stereocenters. The second-order valence-electron chi connectivity index (χ2n) is 5.94. The van der Waals surface area contributed by atoms with Gasteiger partial charge in [0.05, 0.1) is 23.8 Å². The molecule has 0 fully saturated rings. The second kappa shape index (κ2) is 8.62. The number of carbonyl (C=O) groups excluding carboxylic acids is 1. The van der Waals surface area contributed by atoms with E-state index in [1.165, 1.54) is 28.7 Å². The molecule has 0 spiro atoms. The fraction of sp³-hybridized carbons (Fsp3) is 0.316. The van der Waals surface area contributed by atoms with Crippen molar-refractivity contribution in [2.24, 2.45) is 0 Å². The van der Waals surface area contributed by atoms with Crippen LogP contribution in [0.2, 0.25) is 0 Å². The number of hydrogen-bond donors (Lipinski definition) is 0. The monoisotopic (exact) mass is 387 g/mol. The first-order chi connectivity index (χ1) is 12.6. The Balaban J connectivity index is 1.81.